The van der Waals surface area contributed by atoms with Gasteiger partial charge < -0.3 is 0 Å². The summed E-state index contributed by atoms with van der Waals surface area (Å²) in [6.45, 7) is 6.43. The zero-order valence-corrected chi connectivity index (χ0v) is 5.78. The van der Waals surface area contributed by atoms with Crippen LogP contribution in [0.1, 0.15) is 20.3 Å². The summed E-state index contributed by atoms with van der Waals surface area (Å²) in [5.41, 5.74) is 0. The van der Waals surface area contributed by atoms with Crippen molar-refractivity contribution in [3.05, 3.63) is 12.4 Å². The van der Waals surface area contributed by atoms with Gasteiger partial charge in [0, 0.05) is 5.92 Å². The van der Waals surface area contributed by atoms with Crippen LogP contribution in [0.5, 0.6) is 0 Å². The van der Waals surface area contributed by atoms with E-state index in [0.29, 0.717) is 6.42 Å². The fourth-order valence-corrected chi connectivity index (χ4v) is 0.453. The zero-order chi connectivity index (χ0) is 7.44. The molecule has 0 fully saturated rings. The first-order valence-electron chi connectivity index (χ1n) is 2.98. The summed E-state index contributed by atoms with van der Waals surface area (Å²) >= 11 is 0. The van der Waals surface area contributed by atoms with Gasteiger partial charge in [-0.2, -0.15) is 0 Å². The molecule has 0 aromatic rings. The smallest absolute Gasteiger partial charge is 0.193 e. The van der Waals surface area contributed by atoms with Crippen molar-refractivity contribution in [1.82, 2.24) is 0 Å². The third-order valence-electron chi connectivity index (χ3n) is 1.33. The highest BCUT2D eigenvalue weighted by Gasteiger charge is 2.12. The van der Waals surface area contributed by atoms with Crippen LogP contribution < -0.4 is 0 Å². The predicted octanol–water partition coefficient (Wildman–Crippen LogP) is 2.08. The zero-order valence-electron chi connectivity index (χ0n) is 5.78. The lowest BCUT2D eigenvalue weighted by molar-refractivity contribution is -0.120. The van der Waals surface area contributed by atoms with E-state index in [-0.39, 0.29) is 5.92 Å². The van der Waals surface area contributed by atoms with Gasteiger partial charge >= 0.3 is 0 Å². The molecule has 0 N–H and O–H groups in total. The molecule has 0 saturated carbocycles. The van der Waals surface area contributed by atoms with E-state index in [1.54, 1.807) is 6.92 Å². The average molecular weight is 130 g/mol. The quantitative estimate of drug-likeness (QED) is 0.534. The standard InChI is InChI=1S/C7H11FO/c1-4-5(2)7(9)6(3)8/h5H,3-4H2,1-2H3. The second-order valence-corrected chi connectivity index (χ2v) is 2.08. The molecule has 0 heterocycles. The number of ketones is 1. The SMILES string of the molecule is C=C(F)C(=O)C(C)CC. The van der Waals surface area contributed by atoms with E-state index in [0.717, 1.165) is 0 Å². The first-order valence-corrected chi connectivity index (χ1v) is 2.98. The molecule has 2 heteroatoms. The van der Waals surface area contributed by atoms with E-state index in [9.17, 15) is 9.18 Å². The fourth-order valence-electron chi connectivity index (χ4n) is 0.453. The summed E-state index contributed by atoms with van der Waals surface area (Å²) in [5, 5.41) is 0. The maximum atomic E-state index is 12.0. The number of carbonyl (C=O) groups is 1. The molecule has 0 spiro atoms. The molecule has 52 valence electrons. The Bertz CT molecular complexity index is 129. The normalized spacial score (nSPS) is 12.8. The summed E-state index contributed by atoms with van der Waals surface area (Å²) in [6.07, 6.45) is 0.668. The van der Waals surface area contributed by atoms with Gasteiger partial charge in [-0.15, -0.1) is 0 Å². The lowest BCUT2D eigenvalue weighted by Crippen LogP contribution is -2.08. The minimum atomic E-state index is -0.829. The van der Waals surface area contributed by atoms with Crippen LogP contribution in [-0.2, 0) is 4.79 Å². The van der Waals surface area contributed by atoms with Crippen LogP contribution >= 0.6 is 0 Å². The van der Waals surface area contributed by atoms with Crippen molar-refractivity contribution < 1.29 is 9.18 Å². The van der Waals surface area contributed by atoms with Crippen molar-refractivity contribution in [1.29, 1.82) is 0 Å². The highest BCUT2D eigenvalue weighted by Crippen LogP contribution is 2.08. The Hall–Kier alpha value is -0.660. The average Bonchev–Trinajstić information content (AvgIpc) is 1.84. The Balaban J connectivity index is 3.88. The Kier molecular flexibility index (Phi) is 3.13. The topological polar surface area (TPSA) is 17.1 Å². The third kappa shape index (κ3) is 2.40. The van der Waals surface area contributed by atoms with Crippen LogP contribution in [-0.4, -0.2) is 5.78 Å². The van der Waals surface area contributed by atoms with Crippen LogP contribution in [0.4, 0.5) is 4.39 Å². The van der Waals surface area contributed by atoms with Crippen molar-refractivity contribution in [3.63, 3.8) is 0 Å². The molecule has 0 aliphatic heterocycles. The lowest BCUT2D eigenvalue weighted by Gasteiger charge is -2.02. The molecule has 9 heavy (non-hydrogen) atoms. The van der Waals surface area contributed by atoms with Gasteiger partial charge in [-0.25, -0.2) is 4.39 Å². The van der Waals surface area contributed by atoms with Crippen molar-refractivity contribution in [3.8, 4) is 0 Å². The Morgan fingerprint density at radius 1 is 1.78 bits per heavy atom. The molecule has 0 aromatic carbocycles. The summed E-state index contributed by atoms with van der Waals surface area (Å²) in [5.74, 6) is -1.52. The highest BCUT2D eigenvalue weighted by atomic mass is 19.1. The molecule has 0 aliphatic rings. The number of carbonyl (C=O) groups excluding carboxylic acids is 1. The number of hydrogen-bond donors (Lipinski definition) is 0. The van der Waals surface area contributed by atoms with Gasteiger partial charge in [0.05, 0.1) is 0 Å². The molecule has 1 nitrogen and oxygen atoms in total. The first-order chi connectivity index (χ1) is 4.09. The second kappa shape index (κ2) is 3.38. The monoisotopic (exact) mass is 130 g/mol. The van der Waals surface area contributed by atoms with Crippen LogP contribution in [0.2, 0.25) is 0 Å². The van der Waals surface area contributed by atoms with Gasteiger partial charge in [-0.3, -0.25) is 4.79 Å². The fraction of sp³-hybridized carbons (Fsp3) is 0.571. The van der Waals surface area contributed by atoms with Crippen molar-refractivity contribution in [2.24, 2.45) is 5.92 Å². The molecule has 1 atom stereocenters. The number of rotatable bonds is 3. The van der Waals surface area contributed by atoms with Gasteiger partial charge in [0.15, 0.2) is 11.6 Å². The summed E-state index contributed by atoms with van der Waals surface area (Å²) < 4.78 is 12.0. The van der Waals surface area contributed by atoms with E-state index in [1.165, 1.54) is 0 Å². The largest absolute Gasteiger partial charge is 0.291 e. The third-order valence-corrected chi connectivity index (χ3v) is 1.33. The van der Waals surface area contributed by atoms with Crippen molar-refractivity contribution in [2.75, 3.05) is 0 Å². The first kappa shape index (κ1) is 8.34. The van der Waals surface area contributed by atoms with Crippen LogP contribution in [0.3, 0.4) is 0 Å². The van der Waals surface area contributed by atoms with E-state index < -0.39 is 11.6 Å². The van der Waals surface area contributed by atoms with Gasteiger partial charge in [0.25, 0.3) is 0 Å². The molecule has 0 saturated heterocycles. The van der Waals surface area contributed by atoms with Crippen LogP contribution in [0, 0.1) is 5.92 Å². The van der Waals surface area contributed by atoms with E-state index in [2.05, 4.69) is 6.58 Å². The predicted molar refractivity (Wildman–Crippen MR) is 34.7 cm³/mol. The Morgan fingerprint density at radius 2 is 2.22 bits per heavy atom. The van der Waals surface area contributed by atoms with Gasteiger partial charge in [-0.1, -0.05) is 20.4 Å². The van der Waals surface area contributed by atoms with E-state index >= 15 is 0 Å². The van der Waals surface area contributed by atoms with E-state index in [4.69, 9.17) is 0 Å². The van der Waals surface area contributed by atoms with Gasteiger partial charge in [-0.05, 0) is 6.42 Å². The van der Waals surface area contributed by atoms with Gasteiger partial charge in [0.2, 0.25) is 0 Å². The summed E-state index contributed by atoms with van der Waals surface area (Å²) in [4.78, 5) is 10.6. The van der Waals surface area contributed by atoms with Gasteiger partial charge in [0.1, 0.15) is 0 Å². The number of allylic oxidation sites excluding steroid dienone is 1. The molecule has 0 amide bonds. The summed E-state index contributed by atoms with van der Waals surface area (Å²) in [6, 6.07) is 0. The second-order valence-electron chi connectivity index (χ2n) is 2.08. The maximum absolute atomic E-state index is 12.0. The highest BCUT2D eigenvalue weighted by molar-refractivity contribution is 5.94. The molecule has 0 aromatic heterocycles. The lowest BCUT2D eigenvalue weighted by atomic mass is 10.0. The van der Waals surface area contributed by atoms with Crippen LogP contribution in [0.25, 0.3) is 0 Å². The van der Waals surface area contributed by atoms with Crippen molar-refractivity contribution in [2.45, 2.75) is 20.3 Å². The molecule has 0 rings (SSSR count). The minimum Gasteiger partial charge on any atom is -0.291 e. The summed E-state index contributed by atoms with van der Waals surface area (Å²) in [7, 11) is 0. The Morgan fingerprint density at radius 3 is 2.33 bits per heavy atom. The van der Waals surface area contributed by atoms with Crippen LogP contribution in [0.15, 0.2) is 12.4 Å². The number of Topliss-reactive ketones (excluding diaryl/α,β-unsaturated/α-hetero) is 1. The minimum absolute atomic E-state index is 0.220. The molecule has 1 unspecified atom stereocenters. The maximum Gasteiger partial charge on any atom is 0.193 e. The molecule has 0 bridgehead atoms. The Labute approximate surface area is 54.6 Å². The number of hydrogen-bond acceptors (Lipinski definition) is 1. The van der Waals surface area contributed by atoms with Crippen molar-refractivity contribution >= 4 is 5.78 Å². The molecular formula is C7H11FO. The molecule has 0 radical (unpaired) electrons. The van der Waals surface area contributed by atoms with E-state index in [1.807, 2.05) is 6.92 Å². The molecular weight excluding hydrogens is 119 g/mol. The molecule has 0 aliphatic carbocycles. The number of halogens is 1.